The third-order valence-electron chi connectivity index (χ3n) is 4.26. The van der Waals surface area contributed by atoms with Crippen molar-refractivity contribution < 1.29 is 5.11 Å². The Morgan fingerprint density at radius 3 is 2.22 bits per heavy atom. The quantitative estimate of drug-likeness (QED) is 0.883. The maximum atomic E-state index is 10.1. The van der Waals surface area contributed by atoms with Crippen molar-refractivity contribution in [2.24, 2.45) is 5.92 Å². The lowest BCUT2D eigenvalue weighted by Gasteiger charge is -2.26. The van der Waals surface area contributed by atoms with E-state index in [0.717, 1.165) is 38.9 Å². The van der Waals surface area contributed by atoms with Crippen LogP contribution < -0.4 is 0 Å². The zero-order valence-corrected chi connectivity index (χ0v) is 11.6. The van der Waals surface area contributed by atoms with Gasteiger partial charge in [0.1, 0.15) is 0 Å². The van der Waals surface area contributed by atoms with Crippen molar-refractivity contribution in [3.05, 3.63) is 35.4 Å². The Bertz CT molecular complexity index is 350. The molecule has 0 radical (unpaired) electrons. The first-order chi connectivity index (χ1) is 8.70. The zero-order chi connectivity index (χ0) is 13.0. The topological polar surface area (TPSA) is 23.5 Å². The average molecular weight is 247 g/mol. The molecule has 1 aromatic carbocycles. The molecule has 0 aromatic heterocycles. The summed E-state index contributed by atoms with van der Waals surface area (Å²) in [4.78, 5) is 2.41. The van der Waals surface area contributed by atoms with E-state index in [9.17, 15) is 5.11 Å². The summed E-state index contributed by atoms with van der Waals surface area (Å²) in [7, 11) is 0. The van der Waals surface area contributed by atoms with Crippen molar-refractivity contribution in [3.63, 3.8) is 0 Å². The first-order valence-electron chi connectivity index (χ1n) is 7.18. The lowest BCUT2D eigenvalue weighted by atomic mass is 10.0. The summed E-state index contributed by atoms with van der Waals surface area (Å²) in [6.45, 7) is 7.25. The molecule has 1 aliphatic heterocycles. The number of hydrogen-bond donors (Lipinski definition) is 1. The van der Waals surface area contributed by atoms with E-state index in [1.165, 1.54) is 11.1 Å². The van der Waals surface area contributed by atoms with Crippen LogP contribution in [0, 0.1) is 5.92 Å². The third kappa shape index (κ3) is 3.33. The number of rotatable bonds is 4. The monoisotopic (exact) mass is 247 g/mol. The maximum absolute atomic E-state index is 10.1. The third-order valence-corrected chi connectivity index (χ3v) is 4.26. The molecule has 0 amide bonds. The number of benzene rings is 1. The van der Waals surface area contributed by atoms with E-state index < -0.39 is 0 Å². The highest BCUT2D eigenvalue weighted by atomic mass is 16.3. The van der Waals surface area contributed by atoms with Gasteiger partial charge in [0.25, 0.3) is 0 Å². The van der Waals surface area contributed by atoms with Crippen LogP contribution in [0.2, 0.25) is 0 Å². The van der Waals surface area contributed by atoms with E-state index in [4.69, 9.17) is 0 Å². The number of hydrogen-bond acceptors (Lipinski definition) is 2. The fourth-order valence-corrected chi connectivity index (χ4v) is 2.61. The van der Waals surface area contributed by atoms with Gasteiger partial charge >= 0.3 is 0 Å². The van der Waals surface area contributed by atoms with Crippen LogP contribution in [0.3, 0.4) is 0 Å². The number of aliphatic hydroxyl groups is 1. The second-order valence-electron chi connectivity index (χ2n) is 5.52. The molecular formula is C16H25NO. The molecule has 0 saturated heterocycles. The van der Waals surface area contributed by atoms with Gasteiger partial charge in [-0.15, -0.1) is 0 Å². The molecule has 0 bridgehead atoms. The Morgan fingerprint density at radius 1 is 1.17 bits per heavy atom. The lowest BCUT2D eigenvalue weighted by Crippen LogP contribution is -2.37. The summed E-state index contributed by atoms with van der Waals surface area (Å²) in [5.74, 6) is 0.399. The lowest BCUT2D eigenvalue weighted by molar-refractivity contribution is 0.0700. The minimum absolute atomic E-state index is 0.184. The number of nitrogens with zero attached hydrogens (tertiary/aromatic N) is 1. The Balaban J connectivity index is 1.92. The molecule has 1 aliphatic rings. The van der Waals surface area contributed by atoms with Gasteiger partial charge in [0.15, 0.2) is 0 Å². The number of β-amino-alcohol motifs (C(OH)–C–C–N with tert-alkyl or cyclic N) is 1. The fourth-order valence-electron chi connectivity index (χ4n) is 2.61. The molecule has 1 N–H and O–H groups in total. The molecule has 100 valence electrons. The van der Waals surface area contributed by atoms with Gasteiger partial charge in [0.05, 0.1) is 6.10 Å². The molecule has 18 heavy (non-hydrogen) atoms. The Labute approximate surface area is 111 Å². The Kier molecular flexibility index (Phi) is 4.79. The van der Waals surface area contributed by atoms with E-state index >= 15 is 0 Å². The van der Waals surface area contributed by atoms with Crippen LogP contribution in [-0.4, -0.2) is 35.7 Å². The summed E-state index contributed by atoms with van der Waals surface area (Å²) < 4.78 is 0. The molecule has 0 fully saturated rings. The first kappa shape index (κ1) is 13.6. The summed E-state index contributed by atoms with van der Waals surface area (Å²) in [5, 5.41) is 10.1. The predicted molar refractivity (Wildman–Crippen MR) is 75.8 cm³/mol. The molecule has 0 saturated carbocycles. The van der Waals surface area contributed by atoms with Gasteiger partial charge in [-0.25, -0.2) is 0 Å². The van der Waals surface area contributed by atoms with Crippen molar-refractivity contribution in [1.82, 2.24) is 4.90 Å². The summed E-state index contributed by atoms with van der Waals surface area (Å²) in [5.41, 5.74) is 2.97. The van der Waals surface area contributed by atoms with Crippen LogP contribution in [0.15, 0.2) is 24.3 Å². The van der Waals surface area contributed by atoms with Gasteiger partial charge in [0, 0.05) is 19.6 Å². The van der Waals surface area contributed by atoms with Gasteiger partial charge in [-0.2, -0.15) is 0 Å². The molecule has 1 heterocycles. The van der Waals surface area contributed by atoms with Crippen LogP contribution in [-0.2, 0) is 12.8 Å². The predicted octanol–water partition coefficient (Wildman–Crippen LogP) is 2.49. The average Bonchev–Trinajstić information content (AvgIpc) is 2.61. The Hall–Kier alpha value is -0.860. The second-order valence-corrected chi connectivity index (χ2v) is 5.52. The maximum Gasteiger partial charge on any atom is 0.0692 e. The fraction of sp³-hybridized carbons (Fsp3) is 0.625. The van der Waals surface area contributed by atoms with Crippen LogP contribution in [0.1, 0.15) is 31.4 Å². The van der Waals surface area contributed by atoms with Gasteiger partial charge in [0.2, 0.25) is 0 Å². The van der Waals surface area contributed by atoms with Crippen molar-refractivity contribution >= 4 is 0 Å². The normalized spacial score (nSPS) is 19.9. The highest BCUT2D eigenvalue weighted by molar-refractivity contribution is 5.28. The van der Waals surface area contributed by atoms with Crippen LogP contribution in [0.25, 0.3) is 0 Å². The molecule has 2 heteroatoms. The number of fused-ring (bicyclic) bond motifs is 1. The molecule has 2 atom stereocenters. The van der Waals surface area contributed by atoms with Crippen molar-refractivity contribution in [2.75, 3.05) is 19.6 Å². The van der Waals surface area contributed by atoms with Crippen LogP contribution in [0.5, 0.6) is 0 Å². The van der Waals surface area contributed by atoms with Gasteiger partial charge < -0.3 is 10.0 Å². The van der Waals surface area contributed by atoms with Gasteiger partial charge in [-0.05, 0) is 29.9 Å². The molecule has 1 aromatic rings. The highest BCUT2D eigenvalue weighted by Crippen LogP contribution is 2.17. The minimum atomic E-state index is -0.184. The number of aliphatic hydroxyl groups excluding tert-OH is 1. The van der Waals surface area contributed by atoms with Crippen molar-refractivity contribution in [1.29, 1.82) is 0 Å². The SMILES string of the molecule is CCC(C)C(O)CN1CCc2ccccc2CC1. The summed E-state index contributed by atoms with van der Waals surface area (Å²) in [6, 6.07) is 8.73. The second kappa shape index (κ2) is 6.35. The summed E-state index contributed by atoms with van der Waals surface area (Å²) in [6.07, 6.45) is 3.10. The van der Waals surface area contributed by atoms with Gasteiger partial charge in [-0.1, -0.05) is 44.5 Å². The molecule has 0 aliphatic carbocycles. The molecule has 2 nitrogen and oxygen atoms in total. The molecule has 0 spiro atoms. The Morgan fingerprint density at radius 2 is 1.72 bits per heavy atom. The van der Waals surface area contributed by atoms with Gasteiger partial charge in [-0.3, -0.25) is 0 Å². The zero-order valence-electron chi connectivity index (χ0n) is 11.6. The van der Waals surface area contributed by atoms with Crippen LogP contribution in [0.4, 0.5) is 0 Å². The summed E-state index contributed by atoms with van der Waals surface area (Å²) >= 11 is 0. The van der Waals surface area contributed by atoms with E-state index in [2.05, 4.69) is 43.0 Å². The molecular weight excluding hydrogens is 222 g/mol. The van der Waals surface area contributed by atoms with E-state index in [-0.39, 0.29) is 6.10 Å². The largest absolute Gasteiger partial charge is 0.392 e. The van der Waals surface area contributed by atoms with Crippen molar-refractivity contribution in [2.45, 2.75) is 39.2 Å². The first-order valence-corrected chi connectivity index (χ1v) is 7.18. The highest BCUT2D eigenvalue weighted by Gasteiger charge is 2.19. The smallest absolute Gasteiger partial charge is 0.0692 e. The van der Waals surface area contributed by atoms with Crippen molar-refractivity contribution in [3.8, 4) is 0 Å². The molecule has 2 unspecified atom stereocenters. The minimum Gasteiger partial charge on any atom is -0.392 e. The van der Waals surface area contributed by atoms with E-state index in [0.29, 0.717) is 5.92 Å². The van der Waals surface area contributed by atoms with Crippen LogP contribution >= 0.6 is 0 Å². The molecule has 2 rings (SSSR count). The standard InChI is InChI=1S/C16H25NO/c1-3-13(2)16(18)12-17-10-8-14-6-4-5-7-15(14)9-11-17/h4-7,13,16,18H,3,8-12H2,1-2H3. The van der Waals surface area contributed by atoms with E-state index in [1.807, 2.05) is 0 Å². The van der Waals surface area contributed by atoms with E-state index in [1.54, 1.807) is 0 Å².